The highest BCUT2D eigenvalue weighted by molar-refractivity contribution is 5.99. The lowest BCUT2D eigenvalue weighted by molar-refractivity contribution is -0.163. The van der Waals surface area contributed by atoms with E-state index in [0.717, 1.165) is 28.7 Å². The standard InChI is InChI=1S/C17H22N2O4.ClH/c1-17(15(20)21,16(22)23)10-12-11-6-4-5-7-13(11)18-14(12)8-9-19(2)3;/h4-7,18H,8-10H2,1-3H3,(H,20,21)(H,22,23);1H. The van der Waals surface area contributed by atoms with Gasteiger partial charge in [-0.15, -0.1) is 12.4 Å². The van der Waals surface area contributed by atoms with Gasteiger partial charge in [-0.05, 0) is 32.6 Å². The highest BCUT2D eigenvalue weighted by atomic mass is 35.5. The number of rotatable bonds is 7. The minimum atomic E-state index is -1.85. The van der Waals surface area contributed by atoms with E-state index in [1.165, 1.54) is 6.92 Å². The van der Waals surface area contributed by atoms with Gasteiger partial charge >= 0.3 is 11.9 Å². The van der Waals surface area contributed by atoms with Crippen LogP contribution in [-0.4, -0.2) is 52.7 Å². The Morgan fingerprint density at radius 2 is 1.75 bits per heavy atom. The van der Waals surface area contributed by atoms with Crippen molar-refractivity contribution in [3.8, 4) is 0 Å². The molecule has 1 heterocycles. The van der Waals surface area contributed by atoms with Crippen LogP contribution in [0, 0.1) is 5.41 Å². The number of hydrogen-bond acceptors (Lipinski definition) is 3. The highest BCUT2D eigenvalue weighted by Gasteiger charge is 2.42. The Hall–Kier alpha value is -2.05. The largest absolute Gasteiger partial charge is 0.480 e. The molecule has 0 unspecified atom stereocenters. The van der Waals surface area contributed by atoms with Crippen molar-refractivity contribution < 1.29 is 19.8 Å². The van der Waals surface area contributed by atoms with Crippen LogP contribution in [0.1, 0.15) is 18.2 Å². The van der Waals surface area contributed by atoms with E-state index in [9.17, 15) is 19.8 Å². The van der Waals surface area contributed by atoms with Crippen molar-refractivity contribution in [3.05, 3.63) is 35.5 Å². The summed E-state index contributed by atoms with van der Waals surface area (Å²) in [5.41, 5.74) is 0.718. The summed E-state index contributed by atoms with van der Waals surface area (Å²) in [5.74, 6) is -2.65. The predicted octanol–water partition coefficient (Wildman–Crippen LogP) is 2.41. The highest BCUT2D eigenvalue weighted by Crippen LogP contribution is 2.31. The average Bonchev–Trinajstić information content (AvgIpc) is 2.82. The number of aromatic amines is 1. The van der Waals surface area contributed by atoms with Crippen LogP contribution in [-0.2, 0) is 22.4 Å². The van der Waals surface area contributed by atoms with Crippen molar-refractivity contribution in [3.63, 3.8) is 0 Å². The second kappa shape index (κ2) is 7.68. The molecule has 0 aliphatic carbocycles. The first-order valence-corrected chi connectivity index (χ1v) is 7.45. The van der Waals surface area contributed by atoms with Crippen molar-refractivity contribution in [2.75, 3.05) is 20.6 Å². The van der Waals surface area contributed by atoms with Gasteiger partial charge in [-0.1, -0.05) is 18.2 Å². The Kier molecular flexibility index (Phi) is 6.40. The quantitative estimate of drug-likeness (QED) is 0.664. The SMILES string of the molecule is CN(C)CCc1[nH]c2ccccc2c1CC(C)(C(=O)O)C(=O)O.Cl. The fourth-order valence-corrected chi connectivity index (χ4v) is 2.60. The topological polar surface area (TPSA) is 93.6 Å². The summed E-state index contributed by atoms with van der Waals surface area (Å²) in [7, 11) is 3.92. The number of para-hydroxylation sites is 1. The number of hydrogen-bond donors (Lipinski definition) is 3. The third kappa shape index (κ3) is 3.88. The lowest BCUT2D eigenvalue weighted by Crippen LogP contribution is -2.38. The molecule has 0 fully saturated rings. The summed E-state index contributed by atoms with van der Waals surface area (Å²) in [6, 6.07) is 7.57. The molecule has 0 radical (unpaired) electrons. The number of nitrogens with one attached hydrogen (secondary N) is 1. The molecule has 2 aromatic rings. The second-order valence-electron chi connectivity index (χ2n) is 6.30. The molecule has 6 nitrogen and oxygen atoms in total. The van der Waals surface area contributed by atoms with Crippen molar-refractivity contribution in [2.45, 2.75) is 19.8 Å². The van der Waals surface area contributed by atoms with Crippen LogP contribution < -0.4 is 0 Å². The number of benzene rings is 1. The number of aromatic nitrogens is 1. The van der Waals surface area contributed by atoms with Gasteiger partial charge in [-0.2, -0.15) is 0 Å². The number of carboxylic acid groups (broad SMARTS) is 2. The number of carboxylic acids is 2. The molecule has 132 valence electrons. The van der Waals surface area contributed by atoms with Crippen molar-refractivity contribution in [1.82, 2.24) is 9.88 Å². The molecule has 0 atom stereocenters. The Labute approximate surface area is 146 Å². The zero-order chi connectivity index (χ0) is 17.2. The Morgan fingerprint density at radius 1 is 1.17 bits per heavy atom. The first kappa shape index (κ1) is 20.0. The molecule has 0 saturated heterocycles. The van der Waals surface area contributed by atoms with Gasteiger partial charge in [-0.3, -0.25) is 9.59 Å². The van der Waals surface area contributed by atoms with Gasteiger partial charge in [0.15, 0.2) is 5.41 Å². The normalized spacial score (nSPS) is 11.5. The molecule has 0 aliphatic heterocycles. The molecule has 7 heteroatoms. The first-order valence-electron chi connectivity index (χ1n) is 7.45. The van der Waals surface area contributed by atoms with Crippen LogP contribution >= 0.6 is 12.4 Å². The molecule has 0 amide bonds. The molecule has 0 spiro atoms. The van der Waals surface area contributed by atoms with E-state index in [2.05, 4.69) is 4.98 Å². The van der Waals surface area contributed by atoms with Crippen LogP contribution in [0.3, 0.4) is 0 Å². The molecule has 2 rings (SSSR count). The fourth-order valence-electron chi connectivity index (χ4n) is 2.60. The number of aliphatic carboxylic acids is 2. The summed E-state index contributed by atoms with van der Waals surface area (Å²) in [6.07, 6.45) is 0.650. The molecule has 1 aromatic carbocycles. The molecule has 0 bridgehead atoms. The van der Waals surface area contributed by atoms with E-state index in [4.69, 9.17) is 0 Å². The lowest BCUT2D eigenvalue weighted by Gasteiger charge is -2.20. The van der Waals surface area contributed by atoms with Gasteiger partial charge in [0, 0.05) is 36.0 Å². The number of nitrogens with zero attached hydrogens (tertiary/aromatic N) is 1. The summed E-state index contributed by atoms with van der Waals surface area (Å²) in [6.45, 7) is 2.05. The molecule has 0 saturated carbocycles. The van der Waals surface area contributed by atoms with Gasteiger partial charge in [0.1, 0.15) is 0 Å². The minimum absolute atomic E-state index is 0. The van der Waals surface area contributed by atoms with Crippen molar-refractivity contribution in [1.29, 1.82) is 0 Å². The zero-order valence-electron chi connectivity index (χ0n) is 14.0. The molecule has 24 heavy (non-hydrogen) atoms. The molecular weight excluding hydrogens is 332 g/mol. The monoisotopic (exact) mass is 354 g/mol. The third-order valence-electron chi connectivity index (χ3n) is 4.19. The van der Waals surface area contributed by atoms with E-state index in [-0.39, 0.29) is 18.8 Å². The maximum Gasteiger partial charge on any atom is 0.321 e. The number of halogens is 1. The smallest absolute Gasteiger partial charge is 0.321 e. The second-order valence-corrected chi connectivity index (χ2v) is 6.30. The van der Waals surface area contributed by atoms with E-state index in [1.54, 1.807) is 0 Å². The molecule has 3 N–H and O–H groups in total. The van der Waals surface area contributed by atoms with Crippen molar-refractivity contribution >= 4 is 35.2 Å². The van der Waals surface area contributed by atoms with E-state index in [1.807, 2.05) is 43.3 Å². The number of H-pyrrole nitrogens is 1. The van der Waals surface area contributed by atoms with Crippen LogP contribution in [0.2, 0.25) is 0 Å². The van der Waals surface area contributed by atoms with Gasteiger partial charge in [0.2, 0.25) is 0 Å². The summed E-state index contributed by atoms with van der Waals surface area (Å²) >= 11 is 0. The Balaban J connectivity index is 0.00000288. The van der Waals surface area contributed by atoms with Gasteiger partial charge in [-0.25, -0.2) is 0 Å². The van der Waals surface area contributed by atoms with Gasteiger partial charge < -0.3 is 20.1 Å². The van der Waals surface area contributed by atoms with Crippen LogP contribution in [0.5, 0.6) is 0 Å². The number of carbonyl (C=O) groups is 2. The average molecular weight is 355 g/mol. The summed E-state index contributed by atoms with van der Waals surface area (Å²) < 4.78 is 0. The zero-order valence-corrected chi connectivity index (χ0v) is 14.8. The minimum Gasteiger partial charge on any atom is -0.480 e. The van der Waals surface area contributed by atoms with Gasteiger partial charge in [0.05, 0.1) is 0 Å². The molecule has 1 aromatic heterocycles. The molecular formula is C17H23ClN2O4. The van der Waals surface area contributed by atoms with E-state index in [0.29, 0.717) is 6.42 Å². The maximum absolute atomic E-state index is 11.5. The van der Waals surface area contributed by atoms with Crippen LogP contribution in [0.4, 0.5) is 0 Å². The number of likely N-dealkylation sites (N-methyl/N-ethyl adjacent to an activating group) is 1. The lowest BCUT2D eigenvalue weighted by atomic mass is 9.82. The third-order valence-corrected chi connectivity index (χ3v) is 4.19. The number of fused-ring (bicyclic) bond motifs is 1. The first-order chi connectivity index (χ1) is 10.8. The van der Waals surface area contributed by atoms with Crippen LogP contribution in [0.25, 0.3) is 10.9 Å². The van der Waals surface area contributed by atoms with Crippen LogP contribution in [0.15, 0.2) is 24.3 Å². The Bertz CT molecular complexity index is 725. The van der Waals surface area contributed by atoms with E-state index >= 15 is 0 Å². The maximum atomic E-state index is 11.5. The molecule has 0 aliphatic rings. The van der Waals surface area contributed by atoms with E-state index < -0.39 is 17.4 Å². The van der Waals surface area contributed by atoms with Gasteiger partial charge in [0.25, 0.3) is 0 Å². The van der Waals surface area contributed by atoms with Crippen molar-refractivity contribution in [2.24, 2.45) is 5.41 Å². The summed E-state index contributed by atoms with van der Waals surface area (Å²) in [5, 5.41) is 19.7. The fraction of sp³-hybridized carbons (Fsp3) is 0.412. The Morgan fingerprint density at radius 3 is 2.29 bits per heavy atom. The predicted molar refractivity (Wildman–Crippen MR) is 94.9 cm³/mol. The summed E-state index contributed by atoms with van der Waals surface area (Å²) in [4.78, 5) is 28.3.